The predicted octanol–water partition coefficient (Wildman–Crippen LogP) is 3.45. The van der Waals surface area contributed by atoms with Crippen LogP contribution in [-0.2, 0) is 16.6 Å². The molecule has 2 aromatic carbocycles. The normalized spacial score (nSPS) is 11.9. The number of amides is 1. The molecule has 33 heavy (non-hydrogen) atoms. The maximum atomic E-state index is 12.9. The summed E-state index contributed by atoms with van der Waals surface area (Å²) in [5.41, 5.74) is 1.20. The molecule has 3 rings (SSSR count). The molecule has 0 atom stereocenters. The first kappa shape index (κ1) is 24.1. The minimum absolute atomic E-state index is 0.00817. The van der Waals surface area contributed by atoms with E-state index < -0.39 is 15.9 Å². The van der Waals surface area contributed by atoms with Gasteiger partial charge in [-0.05, 0) is 36.4 Å². The predicted molar refractivity (Wildman–Crippen MR) is 126 cm³/mol. The molecule has 0 aliphatic carbocycles. The molecule has 168 valence electrons. The van der Waals surface area contributed by atoms with Gasteiger partial charge in [-0.15, -0.1) is 6.58 Å². The minimum atomic E-state index is -3.90. The lowest BCUT2D eigenvalue weighted by Crippen LogP contribution is -2.32. The Hall–Kier alpha value is -3.57. The number of carbonyl (C=O) groups excluding carboxylic acids is 1. The number of aromatic nitrogens is 1. The Labute approximate surface area is 196 Å². The van der Waals surface area contributed by atoms with Crippen LogP contribution in [0.3, 0.4) is 0 Å². The number of thiazole rings is 1. The zero-order valence-electron chi connectivity index (χ0n) is 17.7. The molecule has 0 radical (unpaired) electrons. The highest BCUT2D eigenvalue weighted by atomic mass is 32.2. The summed E-state index contributed by atoms with van der Waals surface area (Å²) in [7, 11) is -3.90. The number of nitriles is 2. The second-order valence-corrected chi connectivity index (χ2v) is 9.86. The highest BCUT2D eigenvalue weighted by molar-refractivity contribution is 7.89. The number of rotatable bonds is 9. The topological polar surface area (TPSA) is 119 Å². The maximum Gasteiger partial charge on any atom is 0.279 e. The minimum Gasteiger partial charge on any atom is -0.312 e. The smallest absolute Gasteiger partial charge is 0.279 e. The summed E-state index contributed by atoms with van der Waals surface area (Å²) in [6.45, 7) is 4.24. The lowest BCUT2D eigenvalue weighted by Gasteiger charge is -2.20. The molecule has 10 heteroatoms. The lowest BCUT2D eigenvalue weighted by molar-refractivity contribution is 0.0997. The van der Waals surface area contributed by atoms with Crippen LogP contribution in [-0.4, -0.2) is 36.3 Å². The Kier molecular flexibility index (Phi) is 7.91. The van der Waals surface area contributed by atoms with E-state index >= 15 is 0 Å². The zero-order valence-corrected chi connectivity index (χ0v) is 19.3. The third-order valence-electron chi connectivity index (χ3n) is 4.78. The summed E-state index contributed by atoms with van der Waals surface area (Å²) < 4.78 is 29.8. The van der Waals surface area contributed by atoms with Crippen molar-refractivity contribution in [1.82, 2.24) is 8.87 Å². The van der Waals surface area contributed by atoms with E-state index in [0.29, 0.717) is 11.3 Å². The van der Waals surface area contributed by atoms with Crippen LogP contribution in [0, 0.1) is 22.7 Å². The second kappa shape index (κ2) is 10.8. The van der Waals surface area contributed by atoms with E-state index in [2.05, 4.69) is 11.6 Å². The molecule has 0 aliphatic heterocycles. The SMILES string of the molecule is C=CCn1c(=NC(=O)c2ccc(S(=O)(=O)N(CCC#N)CCC#N)cc2)sc2ccccc21. The number of nitrogens with zero attached hydrogens (tertiary/aromatic N) is 5. The molecule has 3 aromatic rings. The fraction of sp³-hybridized carbons (Fsp3) is 0.217. The largest absolute Gasteiger partial charge is 0.312 e. The van der Waals surface area contributed by atoms with E-state index in [0.717, 1.165) is 14.5 Å². The number of sulfonamides is 1. The number of fused-ring (bicyclic) bond motifs is 1. The first-order valence-corrected chi connectivity index (χ1v) is 12.3. The third-order valence-corrected chi connectivity index (χ3v) is 7.75. The number of hydrogen-bond acceptors (Lipinski definition) is 6. The van der Waals surface area contributed by atoms with Crippen molar-refractivity contribution in [2.24, 2.45) is 4.99 Å². The second-order valence-electron chi connectivity index (χ2n) is 6.91. The molecule has 0 bridgehead atoms. The molecular formula is C23H21N5O3S2. The van der Waals surface area contributed by atoms with Crippen LogP contribution >= 0.6 is 11.3 Å². The highest BCUT2D eigenvalue weighted by Crippen LogP contribution is 2.19. The maximum absolute atomic E-state index is 12.9. The molecular weight excluding hydrogens is 458 g/mol. The van der Waals surface area contributed by atoms with Crippen LogP contribution in [0.5, 0.6) is 0 Å². The van der Waals surface area contributed by atoms with Crippen molar-refractivity contribution in [1.29, 1.82) is 10.5 Å². The Bertz CT molecular complexity index is 1400. The molecule has 0 saturated heterocycles. The van der Waals surface area contributed by atoms with E-state index in [1.165, 1.54) is 35.6 Å². The van der Waals surface area contributed by atoms with Crippen molar-refractivity contribution >= 4 is 37.5 Å². The molecule has 0 fully saturated rings. The van der Waals surface area contributed by atoms with Crippen LogP contribution in [0.4, 0.5) is 0 Å². The average Bonchev–Trinajstić information content (AvgIpc) is 3.16. The summed E-state index contributed by atoms with van der Waals surface area (Å²) in [5, 5.41) is 17.6. The van der Waals surface area contributed by atoms with Crippen molar-refractivity contribution in [2.45, 2.75) is 24.3 Å². The van der Waals surface area contributed by atoms with Gasteiger partial charge in [-0.25, -0.2) is 8.42 Å². The van der Waals surface area contributed by atoms with Gasteiger partial charge in [-0.1, -0.05) is 29.5 Å². The van der Waals surface area contributed by atoms with Crippen LogP contribution in [0.2, 0.25) is 0 Å². The van der Waals surface area contributed by atoms with Crippen molar-refractivity contribution in [3.63, 3.8) is 0 Å². The summed E-state index contributed by atoms with van der Waals surface area (Å²) in [4.78, 5) is 17.6. The van der Waals surface area contributed by atoms with Crippen molar-refractivity contribution in [3.05, 3.63) is 71.6 Å². The van der Waals surface area contributed by atoms with Gasteiger partial charge in [0, 0.05) is 38.0 Å². The Morgan fingerprint density at radius 3 is 2.33 bits per heavy atom. The fourth-order valence-electron chi connectivity index (χ4n) is 3.18. The molecule has 8 nitrogen and oxygen atoms in total. The van der Waals surface area contributed by atoms with Crippen LogP contribution in [0.25, 0.3) is 10.2 Å². The number of allylic oxidation sites excluding steroid dienone is 1. The van der Waals surface area contributed by atoms with Crippen molar-refractivity contribution in [3.8, 4) is 12.1 Å². The first-order valence-electron chi connectivity index (χ1n) is 10.0. The quantitative estimate of drug-likeness (QED) is 0.436. The number of hydrogen-bond donors (Lipinski definition) is 0. The van der Waals surface area contributed by atoms with E-state index in [4.69, 9.17) is 10.5 Å². The molecule has 0 unspecified atom stereocenters. The standard InChI is InChI=1S/C23H21N5O3S2/c1-2-15-28-20-7-3-4-8-21(20)32-23(28)26-22(29)18-9-11-19(12-10-18)33(30,31)27(16-5-13-24)17-6-14-25/h2-4,7-12H,1,5-6,15-17H2. The molecule has 1 aromatic heterocycles. The zero-order chi connectivity index (χ0) is 23.8. The van der Waals surface area contributed by atoms with E-state index in [1.807, 2.05) is 41.0 Å². The fourth-order valence-corrected chi connectivity index (χ4v) is 5.66. The summed E-state index contributed by atoms with van der Waals surface area (Å²) in [6, 6.07) is 17.1. The van der Waals surface area contributed by atoms with Gasteiger partial charge in [0.1, 0.15) is 0 Å². The van der Waals surface area contributed by atoms with Gasteiger partial charge in [-0.3, -0.25) is 4.79 Å². The summed E-state index contributed by atoms with van der Waals surface area (Å²) in [5.74, 6) is -0.492. The van der Waals surface area contributed by atoms with Crippen LogP contribution < -0.4 is 4.80 Å². The van der Waals surface area contributed by atoms with Crippen LogP contribution in [0.15, 0.2) is 71.1 Å². The van der Waals surface area contributed by atoms with Crippen LogP contribution in [0.1, 0.15) is 23.2 Å². The van der Waals surface area contributed by atoms with Gasteiger partial charge < -0.3 is 4.57 Å². The highest BCUT2D eigenvalue weighted by Gasteiger charge is 2.24. The monoisotopic (exact) mass is 479 g/mol. The van der Waals surface area contributed by atoms with Crippen molar-refractivity contribution < 1.29 is 13.2 Å². The number of carbonyl (C=O) groups is 1. The van der Waals surface area contributed by atoms with E-state index in [9.17, 15) is 13.2 Å². The summed E-state index contributed by atoms with van der Waals surface area (Å²) >= 11 is 1.39. The Morgan fingerprint density at radius 2 is 1.73 bits per heavy atom. The summed E-state index contributed by atoms with van der Waals surface area (Å²) in [6.07, 6.45) is 1.76. The van der Waals surface area contributed by atoms with Gasteiger partial charge >= 0.3 is 0 Å². The lowest BCUT2D eigenvalue weighted by atomic mass is 10.2. The molecule has 1 amide bonds. The van der Waals surface area contributed by atoms with E-state index in [1.54, 1.807) is 6.08 Å². The Balaban J connectivity index is 1.91. The Morgan fingerprint density at radius 1 is 1.09 bits per heavy atom. The number of para-hydroxylation sites is 1. The van der Waals surface area contributed by atoms with Gasteiger partial charge in [0.2, 0.25) is 10.0 Å². The first-order chi connectivity index (χ1) is 15.9. The molecule has 0 spiro atoms. The van der Waals surface area contributed by atoms with Gasteiger partial charge in [-0.2, -0.15) is 19.8 Å². The third kappa shape index (κ3) is 5.44. The van der Waals surface area contributed by atoms with Gasteiger partial charge in [0.05, 0.1) is 27.3 Å². The van der Waals surface area contributed by atoms with Gasteiger partial charge in [0.25, 0.3) is 5.91 Å². The molecule has 1 heterocycles. The number of benzene rings is 2. The molecule has 0 N–H and O–H groups in total. The molecule has 0 saturated carbocycles. The van der Waals surface area contributed by atoms with Crippen molar-refractivity contribution in [2.75, 3.05) is 13.1 Å². The van der Waals surface area contributed by atoms with E-state index in [-0.39, 0.29) is 36.4 Å². The average molecular weight is 480 g/mol. The van der Waals surface area contributed by atoms with Gasteiger partial charge in [0.15, 0.2) is 4.80 Å². The molecule has 0 aliphatic rings.